The summed E-state index contributed by atoms with van der Waals surface area (Å²) >= 11 is 5.93. The number of nitrogens with one attached hydrogen (secondary N) is 2. The van der Waals surface area contributed by atoms with E-state index in [-0.39, 0.29) is 11.4 Å². The second-order valence-electron chi connectivity index (χ2n) is 6.11. The second-order valence-corrected chi connectivity index (χ2v) is 6.55. The van der Waals surface area contributed by atoms with Crippen molar-refractivity contribution in [3.63, 3.8) is 0 Å². The Kier molecular flexibility index (Phi) is 4.44. The fourth-order valence-corrected chi connectivity index (χ4v) is 3.04. The zero-order valence-electron chi connectivity index (χ0n) is 14.3. The predicted molar refractivity (Wildman–Crippen MR) is 105 cm³/mol. The first-order chi connectivity index (χ1) is 13.4. The lowest BCUT2D eigenvalue weighted by molar-refractivity contribution is 0.101. The first kappa shape index (κ1) is 17.9. The maximum atomic E-state index is 14.1. The van der Waals surface area contributed by atoms with Gasteiger partial charge in [-0.2, -0.15) is 0 Å². The van der Waals surface area contributed by atoms with E-state index in [1.807, 2.05) is 12.1 Å². The molecule has 1 amide bonds. The van der Waals surface area contributed by atoms with Gasteiger partial charge in [0.05, 0.1) is 17.6 Å². The molecule has 140 valence electrons. The Bertz CT molecular complexity index is 1210. The van der Waals surface area contributed by atoms with Crippen molar-refractivity contribution in [1.29, 1.82) is 0 Å². The van der Waals surface area contributed by atoms with Crippen molar-refractivity contribution in [2.45, 2.75) is 0 Å². The molecule has 4 rings (SSSR count). The minimum Gasteiger partial charge on any atom is -0.396 e. The average molecular weight is 399 g/mol. The van der Waals surface area contributed by atoms with Crippen molar-refractivity contribution in [2.24, 2.45) is 0 Å². The van der Waals surface area contributed by atoms with Crippen LogP contribution >= 0.6 is 11.6 Å². The van der Waals surface area contributed by atoms with E-state index in [0.29, 0.717) is 10.7 Å². The number of nitrogen functional groups attached to an aromatic ring is 1. The van der Waals surface area contributed by atoms with Crippen molar-refractivity contribution in [3.8, 4) is 11.1 Å². The van der Waals surface area contributed by atoms with Gasteiger partial charge in [0.2, 0.25) is 0 Å². The molecule has 5 nitrogen and oxygen atoms in total. The van der Waals surface area contributed by atoms with Crippen molar-refractivity contribution in [2.75, 3.05) is 11.1 Å². The van der Waals surface area contributed by atoms with Crippen LogP contribution in [0, 0.1) is 11.6 Å². The first-order valence-electron chi connectivity index (χ1n) is 8.22. The molecule has 4 aromatic rings. The number of benzene rings is 2. The number of nitrogens with zero attached hydrogens (tertiary/aromatic N) is 1. The summed E-state index contributed by atoms with van der Waals surface area (Å²) in [7, 11) is 0. The van der Waals surface area contributed by atoms with Crippen LogP contribution < -0.4 is 11.1 Å². The molecular weight excluding hydrogens is 386 g/mol. The second kappa shape index (κ2) is 6.94. The van der Waals surface area contributed by atoms with Gasteiger partial charge in [-0.1, -0.05) is 23.7 Å². The van der Waals surface area contributed by atoms with E-state index >= 15 is 0 Å². The van der Waals surface area contributed by atoms with Gasteiger partial charge < -0.3 is 16.0 Å². The van der Waals surface area contributed by atoms with Crippen LogP contribution in [0.4, 0.5) is 20.2 Å². The molecule has 2 heterocycles. The summed E-state index contributed by atoms with van der Waals surface area (Å²) in [5, 5.41) is 3.81. The van der Waals surface area contributed by atoms with Gasteiger partial charge in [-0.15, -0.1) is 0 Å². The summed E-state index contributed by atoms with van der Waals surface area (Å²) in [4.78, 5) is 19.7. The number of H-pyrrole nitrogens is 1. The Balaban J connectivity index is 1.71. The molecule has 8 heteroatoms. The van der Waals surface area contributed by atoms with Crippen LogP contribution in [0.15, 0.2) is 54.9 Å². The number of rotatable bonds is 3. The zero-order valence-corrected chi connectivity index (χ0v) is 15.0. The standard InChI is InChI=1S/C20H13ClF2N4O/c21-11-3-1-10(2-4-11)14-9-26-19-13(14)7-12(8-25-19)27-20(28)17-15(22)5-6-16(24)18(17)23/h1-9H,24H2,(H,25,26)(H,27,28). The molecule has 28 heavy (non-hydrogen) atoms. The molecule has 0 aliphatic rings. The van der Waals surface area contributed by atoms with Gasteiger partial charge in [-0.25, -0.2) is 13.8 Å². The highest BCUT2D eigenvalue weighted by atomic mass is 35.5. The van der Waals surface area contributed by atoms with E-state index in [4.69, 9.17) is 17.3 Å². The van der Waals surface area contributed by atoms with Gasteiger partial charge in [0.25, 0.3) is 5.91 Å². The number of aromatic amines is 1. The third kappa shape index (κ3) is 3.16. The quantitative estimate of drug-likeness (QED) is 0.425. The molecule has 4 N–H and O–H groups in total. The van der Waals surface area contributed by atoms with Crippen LogP contribution in [-0.4, -0.2) is 15.9 Å². The molecule has 2 aromatic heterocycles. The molecule has 2 aromatic carbocycles. The molecule has 0 saturated carbocycles. The van der Waals surface area contributed by atoms with Gasteiger partial charge in [-0.05, 0) is 35.9 Å². The smallest absolute Gasteiger partial charge is 0.261 e. The van der Waals surface area contributed by atoms with Gasteiger partial charge in [-0.3, -0.25) is 4.79 Å². The number of amides is 1. The van der Waals surface area contributed by atoms with Crippen LogP contribution in [-0.2, 0) is 0 Å². The van der Waals surface area contributed by atoms with Crippen LogP contribution in [0.2, 0.25) is 5.02 Å². The minimum atomic E-state index is -1.10. The predicted octanol–water partition coefficient (Wildman–Crippen LogP) is 5.00. The lowest BCUT2D eigenvalue weighted by Crippen LogP contribution is -2.17. The lowest BCUT2D eigenvalue weighted by Gasteiger charge is -2.09. The maximum absolute atomic E-state index is 14.1. The van der Waals surface area contributed by atoms with Gasteiger partial charge >= 0.3 is 0 Å². The fraction of sp³-hybridized carbons (Fsp3) is 0. The number of anilines is 2. The Labute approximate surface area is 163 Å². The van der Waals surface area contributed by atoms with E-state index in [2.05, 4.69) is 15.3 Å². The number of halogens is 3. The van der Waals surface area contributed by atoms with E-state index in [1.165, 1.54) is 6.20 Å². The minimum absolute atomic E-state index is 0.286. The number of carbonyl (C=O) groups excluding carboxylic acids is 1. The number of hydrogen-bond acceptors (Lipinski definition) is 3. The highest BCUT2D eigenvalue weighted by Crippen LogP contribution is 2.30. The zero-order chi connectivity index (χ0) is 19.8. The van der Waals surface area contributed by atoms with Gasteiger partial charge in [0.15, 0.2) is 5.82 Å². The number of pyridine rings is 1. The van der Waals surface area contributed by atoms with E-state index in [0.717, 1.165) is 28.6 Å². The third-order valence-electron chi connectivity index (χ3n) is 4.29. The van der Waals surface area contributed by atoms with Crippen LogP contribution in [0.1, 0.15) is 10.4 Å². The average Bonchev–Trinajstić information content (AvgIpc) is 3.09. The third-order valence-corrected chi connectivity index (χ3v) is 4.54. The summed E-state index contributed by atoms with van der Waals surface area (Å²) in [5.74, 6) is -3.05. The molecule has 0 fully saturated rings. The number of aromatic nitrogens is 2. The Hall–Kier alpha value is -3.45. The fourth-order valence-electron chi connectivity index (χ4n) is 2.91. The molecule has 0 unspecified atom stereocenters. The first-order valence-corrected chi connectivity index (χ1v) is 8.59. The van der Waals surface area contributed by atoms with Crippen molar-refractivity contribution >= 4 is 39.9 Å². The van der Waals surface area contributed by atoms with Crippen molar-refractivity contribution < 1.29 is 13.6 Å². The summed E-state index contributed by atoms with van der Waals surface area (Å²) < 4.78 is 28.0. The van der Waals surface area contributed by atoms with Crippen molar-refractivity contribution in [3.05, 3.63) is 77.1 Å². The molecule has 0 aliphatic carbocycles. The van der Waals surface area contributed by atoms with E-state index < -0.39 is 23.1 Å². The molecular formula is C20H13ClF2N4O. The summed E-state index contributed by atoms with van der Waals surface area (Å²) in [6, 6.07) is 10.9. The number of nitrogens with two attached hydrogens (primary N) is 1. The molecule has 0 bridgehead atoms. The molecule has 0 spiro atoms. The number of fused-ring (bicyclic) bond motifs is 1. The Morgan fingerprint density at radius 3 is 2.64 bits per heavy atom. The molecule has 0 saturated heterocycles. The van der Waals surface area contributed by atoms with E-state index in [9.17, 15) is 13.6 Å². The van der Waals surface area contributed by atoms with Crippen LogP contribution in [0.5, 0.6) is 0 Å². The highest BCUT2D eigenvalue weighted by molar-refractivity contribution is 6.30. The summed E-state index contributed by atoms with van der Waals surface area (Å²) in [6.07, 6.45) is 3.17. The van der Waals surface area contributed by atoms with Gasteiger partial charge in [0, 0.05) is 22.2 Å². The van der Waals surface area contributed by atoms with Gasteiger partial charge in [0.1, 0.15) is 17.0 Å². The number of hydrogen-bond donors (Lipinski definition) is 3. The van der Waals surface area contributed by atoms with E-state index in [1.54, 1.807) is 24.4 Å². The summed E-state index contributed by atoms with van der Waals surface area (Å²) in [6.45, 7) is 0. The van der Waals surface area contributed by atoms with Crippen LogP contribution in [0.25, 0.3) is 22.2 Å². The van der Waals surface area contributed by atoms with Crippen molar-refractivity contribution in [1.82, 2.24) is 9.97 Å². The Morgan fingerprint density at radius 1 is 1.14 bits per heavy atom. The Morgan fingerprint density at radius 2 is 1.89 bits per heavy atom. The largest absolute Gasteiger partial charge is 0.396 e. The maximum Gasteiger partial charge on any atom is 0.261 e. The normalized spacial score (nSPS) is 11.0. The monoisotopic (exact) mass is 398 g/mol. The molecule has 0 atom stereocenters. The molecule has 0 radical (unpaired) electrons. The molecule has 0 aliphatic heterocycles. The number of carbonyl (C=O) groups is 1. The highest BCUT2D eigenvalue weighted by Gasteiger charge is 2.20. The summed E-state index contributed by atoms with van der Waals surface area (Å²) in [5.41, 5.74) is 7.00. The topological polar surface area (TPSA) is 83.8 Å². The lowest BCUT2D eigenvalue weighted by atomic mass is 10.1. The van der Waals surface area contributed by atoms with Crippen LogP contribution in [0.3, 0.4) is 0 Å². The SMILES string of the molecule is Nc1ccc(F)c(C(=O)Nc2cnc3[nH]cc(-c4ccc(Cl)cc4)c3c2)c1F.